The van der Waals surface area contributed by atoms with Crippen LogP contribution in [-0.4, -0.2) is 22.4 Å². The van der Waals surface area contributed by atoms with E-state index in [2.05, 4.69) is 0 Å². The molecular weight excluding hydrogens is 170 g/mol. The number of amides is 1. The summed E-state index contributed by atoms with van der Waals surface area (Å²) in [5, 5.41) is 9.79. The average Bonchev–Trinajstić information content (AvgIpc) is 2.04. The van der Waals surface area contributed by atoms with E-state index in [4.69, 9.17) is 5.73 Å². The fourth-order valence-corrected chi connectivity index (χ4v) is 1.28. The number of carbonyl (C=O) groups is 2. The van der Waals surface area contributed by atoms with E-state index in [9.17, 15) is 14.7 Å². The first-order valence-electron chi connectivity index (χ1n) is 3.87. The van der Waals surface area contributed by atoms with Gasteiger partial charge >= 0.3 is 0 Å². The number of rotatable bonds is 2. The Morgan fingerprint density at radius 2 is 2.08 bits per heavy atom. The Kier molecular flexibility index (Phi) is 2.34. The predicted molar refractivity (Wildman–Crippen MR) is 46.6 cm³/mol. The number of aliphatic hydroxyl groups is 1. The minimum absolute atomic E-state index is 0.489. The first kappa shape index (κ1) is 9.67. The molecule has 1 rings (SSSR count). The van der Waals surface area contributed by atoms with Crippen LogP contribution in [0.5, 0.6) is 0 Å². The fourth-order valence-electron chi connectivity index (χ4n) is 1.28. The monoisotopic (exact) mass is 181 g/mol. The van der Waals surface area contributed by atoms with Gasteiger partial charge in [-0.25, -0.2) is 0 Å². The van der Waals surface area contributed by atoms with Crippen molar-refractivity contribution >= 4 is 11.7 Å². The second-order valence-corrected chi connectivity index (χ2v) is 3.01. The Morgan fingerprint density at radius 3 is 2.46 bits per heavy atom. The third kappa shape index (κ3) is 1.53. The van der Waals surface area contributed by atoms with Gasteiger partial charge in [-0.3, -0.25) is 9.59 Å². The molecule has 1 amide bonds. The number of allylic oxidation sites excluding steroid dienone is 2. The summed E-state index contributed by atoms with van der Waals surface area (Å²) in [7, 11) is 0. The van der Waals surface area contributed by atoms with Crippen molar-refractivity contribution in [1.82, 2.24) is 0 Å². The lowest BCUT2D eigenvalue weighted by Gasteiger charge is -2.28. The highest BCUT2D eigenvalue weighted by molar-refractivity contribution is 5.95. The maximum Gasteiger partial charge on any atom is 0.228 e. The highest BCUT2D eigenvalue weighted by Gasteiger charge is 2.41. The lowest BCUT2D eigenvalue weighted by atomic mass is 9.80. The second-order valence-electron chi connectivity index (χ2n) is 3.01. The SMILES string of the molecule is CC(=O)C1(O)C=CC=CC1C(N)=O. The van der Waals surface area contributed by atoms with Crippen molar-refractivity contribution in [2.24, 2.45) is 11.7 Å². The van der Waals surface area contributed by atoms with Gasteiger partial charge in [0.25, 0.3) is 0 Å². The Morgan fingerprint density at radius 1 is 1.46 bits per heavy atom. The molecule has 0 saturated heterocycles. The van der Waals surface area contributed by atoms with Crippen LogP contribution < -0.4 is 5.73 Å². The van der Waals surface area contributed by atoms with Gasteiger partial charge in [0.2, 0.25) is 5.91 Å². The quantitative estimate of drug-likeness (QED) is 0.604. The van der Waals surface area contributed by atoms with Crippen LogP contribution >= 0.6 is 0 Å². The molecule has 1 aliphatic rings. The molecule has 3 N–H and O–H groups in total. The molecule has 0 aromatic heterocycles. The van der Waals surface area contributed by atoms with Crippen molar-refractivity contribution in [2.75, 3.05) is 0 Å². The lowest BCUT2D eigenvalue weighted by Crippen LogP contribution is -2.48. The largest absolute Gasteiger partial charge is 0.377 e. The van der Waals surface area contributed by atoms with E-state index in [0.717, 1.165) is 0 Å². The molecule has 0 aromatic rings. The van der Waals surface area contributed by atoms with Crippen molar-refractivity contribution in [2.45, 2.75) is 12.5 Å². The topological polar surface area (TPSA) is 80.4 Å². The number of carbonyl (C=O) groups excluding carboxylic acids is 2. The normalized spacial score (nSPS) is 31.7. The molecule has 2 atom stereocenters. The van der Waals surface area contributed by atoms with Gasteiger partial charge in [0, 0.05) is 0 Å². The molecule has 13 heavy (non-hydrogen) atoms. The molecule has 1 aliphatic carbocycles. The highest BCUT2D eigenvalue weighted by Crippen LogP contribution is 2.25. The van der Waals surface area contributed by atoms with E-state index < -0.39 is 23.2 Å². The smallest absolute Gasteiger partial charge is 0.228 e. The molecule has 0 fully saturated rings. The van der Waals surface area contributed by atoms with Crippen LogP contribution in [0.15, 0.2) is 24.3 Å². The summed E-state index contributed by atoms with van der Waals surface area (Å²) in [5.74, 6) is -2.16. The molecule has 70 valence electrons. The van der Waals surface area contributed by atoms with Crippen molar-refractivity contribution < 1.29 is 14.7 Å². The molecule has 4 nitrogen and oxygen atoms in total. The standard InChI is InChI=1S/C9H11NO3/c1-6(11)9(13)5-3-2-4-7(9)8(10)12/h2-5,7,13H,1H3,(H2,10,12). The van der Waals surface area contributed by atoms with E-state index in [1.54, 1.807) is 6.08 Å². The van der Waals surface area contributed by atoms with Gasteiger partial charge in [0.1, 0.15) is 0 Å². The number of ketones is 1. The number of primary amides is 1. The van der Waals surface area contributed by atoms with Gasteiger partial charge in [-0.05, 0) is 13.0 Å². The van der Waals surface area contributed by atoms with Crippen LogP contribution in [0.1, 0.15) is 6.92 Å². The summed E-state index contributed by atoms with van der Waals surface area (Å²) in [4.78, 5) is 22.0. The Balaban J connectivity index is 3.07. The molecule has 0 spiro atoms. The molecule has 4 heteroatoms. The van der Waals surface area contributed by atoms with Gasteiger partial charge in [-0.2, -0.15) is 0 Å². The van der Waals surface area contributed by atoms with Gasteiger partial charge in [0.15, 0.2) is 11.4 Å². The Bertz CT molecular complexity index is 306. The molecular formula is C9H11NO3. The maximum atomic E-state index is 11.1. The fraction of sp³-hybridized carbons (Fsp3) is 0.333. The zero-order valence-corrected chi connectivity index (χ0v) is 7.23. The molecule has 0 bridgehead atoms. The number of hydrogen-bond donors (Lipinski definition) is 2. The summed E-state index contributed by atoms with van der Waals surface area (Å²) in [6.07, 6.45) is 5.79. The predicted octanol–water partition coefficient (Wildman–Crippen LogP) is -0.466. The van der Waals surface area contributed by atoms with Crippen LogP contribution in [0.25, 0.3) is 0 Å². The van der Waals surface area contributed by atoms with Crippen LogP contribution in [-0.2, 0) is 9.59 Å². The molecule has 2 unspecified atom stereocenters. The van der Waals surface area contributed by atoms with Crippen LogP contribution in [0.4, 0.5) is 0 Å². The summed E-state index contributed by atoms with van der Waals surface area (Å²) in [5.41, 5.74) is 3.28. The molecule has 0 radical (unpaired) electrons. The third-order valence-electron chi connectivity index (χ3n) is 2.11. The average molecular weight is 181 g/mol. The number of hydrogen-bond acceptors (Lipinski definition) is 3. The molecule has 0 heterocycles. The van der Waals surface area contributed by atoms with Crippen molar-refractivity contribution in [3.05, 3.63) is 24.3 Å². The minimum atomic E-state index is -1.76. The van der Waals surface area contributed by atoms with E-state index >= 15 is 0 Å². The van der Waals surface area contributed by atoms with Crippen molar-refractivity contribution in [3.63, 3.8) is 0 Å². The minimum Gasteiger partial charge on any atom is -0.377 e. The van der Waals surface area contributed by atoms with Gasteiger partial charge in [-0.15, -0.1) is 0 Å². The van der Waals surface area contributed by atoms with E-state index in [0.29, 0.717) is 0 Å². The summed E-state index contributed by atoms with van der Waals surface area (Å²) in [6, 6.07) is 0. The molecule has 0 aromatic carbocycles. The number of nitrogens with two attached hydrogens (primary N) is 1. The summed E-state index contributed by atoms with van der Waals surface area (Å²) >= 11 is 0. The van der Waals surface area contributed by atoms with E-state index in [-0.39, 0.29) is 0 Å². The van der Waals surface area contributed by atoms with E-state index in [1.165, 1.54) is 25.2 Å². The van der Waals surface area contributed by atoms with Gasteiger partial charge < -0.3 is 10.8 Å². The summed E-state index contributed by atoms with van der Waals surface area (Å²) in [6.45, 7) is 1.22. The highest BCUT2D eigenvalue weighted by atomic mass is 16.3. The van der Waals surface area contributed by atoms with Crippen LogP contribution in [0.2, 0.25) is 0 Å². The van der Waals surface area contributed by atoms with Crippen LogP contribution in [0.3, 0.4) is 0 Å². The number of Topliss-reactive ketones (excluding diaryl/α,β-unsaturated/α-hetero) is 1. The molecule has 0 saturated carbocycles. The lowest BCUT2D eigenvalue weighted by molar-refractivity contribution is -0.140. The summed E-state index contributed by atoms with van der Waals surface area (Å²) < 4.78 is 0. The van der Waals surface area contributed by atoms with E-state index in [1.807, 2.05) is 0 Å². The maximum absolute atomic E-state index is 11.1. The van der Waals surface area contributed by atoms with Gasteiger partial charge in [-0.1, -0.05) is 18.2 Å². The van der Waals surface area contributed by atoms with Crippen LogP contribution in [0, 0.1) is 5.92 Å². The van der Waals surface area contributed by atoms with Gasteiger partial charge in [0.05, 0.1) is 5.92 Å². The Labute approximate surface area is 75.7 Å². The molecule has 0 aliphatic heterocycles. The first-order chi connectivity index (χ1) is 5.98. The van der Waals surface area contributed by atoms with Crippen molar-refractivity contribution in [1.29, 1.82) is 0 Å². The van der Waals surface area contributed by atoms with Crippen molar-refractivity contribution in [3.8, 4) is 0 Å². The first-order valence-corrected chi connectivity index (χ1v) is 3.87. The third-order valence-corrected chi connectivity index (χ3v) is 2.11. The Hall–Kier alpha value is -1.42. The zero-order valence-electron chi connectivity index (χ0n) is 7.23. The zero-order chi connectivity index (χ0) is 10.1. The second kappa shape index (κ2) is 3.14.